The molecule has 2 rings (SSSR count). The standard InChI is InChI=1S/C16H30N2O2/c1-2-10-17-16(15(19)20)9-8-14(13-16)18-11-6-4-3-5-7-12-18/h14,17H,2-13H2,1H3,(H,19,20). The topological polar surface area (TPSA) is 52.6 Å². The lowest BCUT2D eigenvalue weighted by Crippen LogP contribution is -2.51. The van der Waals surface area contributed by atoms with Crippen LogP contribution in [0.1, 0.15) is 64.7 Å². The molecule has 1 aliphatic carbocycles. The summed E-state index contributed by atoms with van der Waals surface area (Å²) in [5.74, 6) is -0.652. The van der Waals surface area contributed by atoms with E-state index in [1.54, 1.807) is 0 Å². The van der Waals surface area contributed by atoms with Crippen molar-refractivity contribution in [1.29, 1.82) is 0 Å². The summed E-state index contributed by atoms with van der Waals surface area (Å²) in [5.41, 5.74) is -0.664. The SMILES string of the molecule is CCCNC1(C(=O)O)CCC(N2CCCCCCC2)C1. The van der Waals surface area contributed by atoms with E-state index in [2.05, 4.69) is 17.1 Å². The van der Waals surface area contributed by atoms with Crippen molar-refractivity contribution >= 4 is 5.97 Å². The molecule has 0 aromatic carbocycles. The minimum atomic E-state index is -0.664. The predicted molar refractivity (Wildman–Crippen MR) is 81.0 cm³/mol. The molecule has 1 heterocycles. The number of carboxylic acids is 1. The van der Waals surface area contributed by atoms with Crippen LogP contribution < -0.4 is 5.32 Å². The van der Waals surface area contributed by atoms with Crippen molar-refractivity contribution in [3.63, 3.8) is 0 Å². The van der Waals surface area contributed by atoms with Crippen molar-refractivity contribution in [2.75, 3.05) is 19.6 Å². The number of aliphatic carboxylic acids is 1. The van der Waals surface area contributed by atoms with E-state index in [9.17, 15) is 9.90 Å². The molecule has 1 saturated carbocycles. The summed E-state index contributed by atoms with van der Waals surface area (Å²) in [5, 5.41) is 12.9. The first-order valence-corrected chi connectivity index (χ1v) is 8.40. The molecule has 2 aliphatic rings. The molecule has 4 heteroatoms. The smallest absolute Gasteiger partial charge is 0.323 e. The highest BCUT2D eigenvalue weighted by atomic mass is 16.4. The predicted octanol–water partition coefficient (Wildman–Crippen LogP) is 2.63. The summed E-state index contributed by atoms with van der Waals surface area (Å²) >= 11 is 0. The van der Waals surface area contributed by atoms with Crippen molar-refractivity contribution < 1.29 is 9.90 Å². The molecule has 2 fully saturated rings. The molecule has 4 nitrogen and oxygen atoms in total. The fraction of sp³-hybridized carbons (Fsp3) is 0.938. The summed E-state index contributed by atoms with van der Waals surface area (Å²) < 4.78 is 0. The Bertz CT molecular complexity index is 314. The van der Waals surface area contributed by atoms with E-state index < -0.39 is 11.5 Å². The van der Waals surface area contributed by atoms with E-state index in [1.165, 1.54) is 32.1 Å². The summed E-state index contributed by atoms with van der Waals surface area (Å²) in [6.45, 7) is 5.22. The average Bonchev–Trinajstić information content (AvgIpc) is 2.82. The number of carboxylic acid groups (broad SMARTS) is 1. The highest BCUT2D eigenvalue weighted by molar-refractivity contribution is 5.79. The zero-order valence-corrected chi connectivity index (χ0v) is 12.9. The third-order valence-electron chi connectivity index (χ3n) is 5.02. The summed E-state index contributed by atoms with van der Waals surface area (Å²) in [4.78, 5) is 14.3. The van der Waals surface area contributed by atoms with Crippen molar-refractivity contribution in [3.8, 4) is 0 Å². The van der Waals surface area contributed by atoms with Gasteiger partial charge >= 0.3 is 5.97 Å². The molecule has 2 unspecified atom stereocenters. The van der Waals surface area contributed by atoms with Gasteiger partial charge in [0, 0.05) is 6.04 Å². The number of likely N-dealkylation sites (tertiary alicyclic amines) is 1. The molecule has 0 amide bonds. The van der Waals surface area contributed by atoms with Crippen molar-refractivity contribution in [2.24, 2.45) is 0 Å². The van der Waals surface area contributed by atoms with Gasteiger partial charge in [-0.15, -0.1) is 0 Å². The second-order valence-electron chi connectivity index (χ2n) is 6.51. The van der Waals surface area contributed by atoms with Crippen LogP contribution in [0, 0.1) is 0 Å². The molecule has 0 spiro atoms. The van der Waals surface area contributed by atoms with Crippen molar-refractivity contribution in [3.05, 3.63) is 0 Å². The molecule has 0 radical (unpaired) electrons. The van der Waals surface area contributed by atoms with Gasteiger partial charge in [0.05, 0.1) is 0 Å². The van der Waals surface area contributed by atoms with Gasteiger partial charge in [0.1, 0.15) is 5.54 Å². The molecule has 20 heavy (non-hydrogen) atoms. The Labute approximate surface area is 122 Å². The lowest BCUT2D eigenvalue weighted by Gasteiger charge is -2.32. The maximum atomic E-state index is 11.7. The zero-order chi connectivity index (χ0) is 14.4. The molecule has 0 aromatic rings. The van der Waals surface area contributed by atoms with Crippen LogP contribution in [0.25, 0.3) is 0 Å². The van der Waals surface area contributed by atoms with Crippen LogP contribution in [0.4, 0.5) is 0 Å². The van der Waals surface area contributed by atoms with Gasteiger partial charge in [-0.2, -0.15) is 0 Å². The molecule has 2 N–H and O–H groups in total. The minimum absolute atomic E-state index is 0.466. The monoisotopic (exact) mass is 282 g/mol. The largest absolute Gasteiger partial charge is 0.480 e. The third-order valence-corrected chi connectivity index (χ3v) is 5.02. The second-order valence-corrected chi connectivity index (χ2v) is 6.51. The molecule has 0 aromatic heterocycles. The van der Waals surface area contributed by atoms with E-state index in [4.69, 9.17) is 0 Å². The van der Waals surface area contributed by atoms with E-state index in [-0.39, 0.29) is 0 Å². The Morgan fingerprint density at radius 3 is 2.50 bits per heavy atom. The van der Waals surface area contributed by atoms with Gasteiger partial charge in [-0.05, 0) is 58.2 Å². The maximum Gasteiger partial charge on any atom is 0.323 e. The zero-order valence-electron chi connectivity index (χ0n) is 12.9. The average molecular weight is 282 g/mol. The van der Waals surface area contributed by atoms with Crippen molar-refractivity contribution in [2.45, 2.75) is 76.3 Å². The minimum Gasteiger partial charge on any atom is -0.480 e. The lowest BCUT2D eigenvalue weighted by atomic mass is 9.96. The van der Waals surface area contributed by atoms with Crippen LogP contribution in [0.2, 0.25) is 0 Å². The third kappa shape index (κ3) is 3.73. The molecule has 0 bridgehead atoms. The molecule has 1 aliphatic heterocycles. The number of nitrogens with zero attached hydrogens (tertiary/aromatic N) is 1. The quantitative estimate of drug-likeness (QED) is 0.814. The number of rotatable bonds is 5. The number of nitrogens with one attached hydrogen (secondary N) is 1. The van der Waals surface area contributed by atoms with Gasteiger partial charge in [-0.1, -0.05) is 26.2 Å². The highest BCUT2D eigenvalue weighted by Gasteiger charge is 2.46. The lowest BCUT2D eigenvalue weighted by molar-refractivity contribution is -0.144. The van der Waals surface area contributed by atoms with Crippen LogP contribution in [0.15, 0.2) is 0 Å². The fourth-order valence-corrected chi connectivity index (χ4v) is 3.76. The first-order chi connectivity index (χ1) is 9.68. The van der Waals surface area contributed by atoms with E-state index in [0.29, 0.717) is 6.04 Å². The van der Waals surface area contributed by atoms with Crippen LogP contribution >= 0.6 is 0 Å². The molecule has 116 valence electrons. The van der Waals surface area contributed by atoms with Crippen LogP contribution in [0.3, 0.4) is 0 Å². The Morgan fingerprint density at radius 2 is 1.90 bits per heavy atom. The molecule has 1 saturated heterocycles. The first-order valence-electron chi connectivity index (χ1n) is 8.40. The van der Waals surface area contributed by atoms with E-state index in [1.807, 2.05) is 0 Å². The van der Waals surface area contributed by atoms with Crippen molar-refractivity contribution in [1.82, 2.24) is 10.2 Å². The second kappa shape index (κ2) is 7.41. The van der Waals surface area contributed by atoms with Gasteiger partial charge in [0.15, 0.2) is 0 Å². The molecular weight excluding hydrogens is 252 g/mol. The highest BCUT2D eigenvalue weighted by Crippen LogP contribution is 2.34. The fourth-order valence-electron chi connectivity index (χ4n) is 3.76. The molecule has 2 atom stereocenters. The number of hydrogen-bond donors (Lipinski definition) is 2. The van der Waals surface area contributed by atoms with Gasteiger partial charge in [-0.3, -0.25) is 4.79 Å². The Balaban J connectivity index is 1.95. The number of hydrogen-bond acceptors (Lipinski definition) is 3. The Morgan fingerprint density at radius 1 is 1.25 bits per heavy atom. The van der Waals surface area contributed by atoms with Gasteiger partial charge in [0.2, 0.25) is 0 Å². The Kier molecular flexibility index (Phi) is 5.85. The number of carbonyl (C=O) groups is 1. The summed E-state index contributed by atoms with van der Waals surface area (Å²) in [6, 6.07) is 0.466. The van der Waals surface area contributed by atoms with Crippen LogP contribution in [-0.2, 0) is 4.79 Å². The maximum absolute atomic E-state index is 11.7. The summed E-state index contributed by atoms with van der Waals surface area (Å²) in [6.07, 6.45) is 10.2. The summed E-state index contributed by atoms with van der Waals surface area (Å²) in [7, 11) is 0. The molecular formula is C16H30N2O2. The first kappa shape index (κ1) is 15.8. The van der Waals surface area contributed by atoms with Crippen LogP contribution in [0.5, 0.6) is 0 Å². The van der Waals surface area contributed by atoms with Gasteiger partial charge < -0.3 is 15.3 Å². The van der Waals surface area contributed by atoms with Gasteiger partial charge in [0.25, 0.3) is 0 Å². The normalized spacial score (nSPS) is 32.8. The van der Waals surface area contributed by atoms with E-state index in [0.717, 1.165) is 45.3 Å². The van der Waals surface area contributed by atoms with Gasteiger partial charge in [-0.25, -0.2) is 0 Å². The Hall–Kier alpha value is -0.610. The van der Waals surface area contributed by atoms with E-state index >= 15 is 0 Å². The van der Waals surface area contributed by atoms with Crippen LogP contribution in [-0.4, -0.2) is 47.2 Å².